The summed E-state index contributed by atoms with van der Waals surface area (Å²) in [5.41, 5.74) is 2.53. The van der Waals surface area contributed by atoms with Crippen LogP contribution < -0.4 is 5.32 Å². The second-order valence-electron chi connectivity index (χ2n) is 7.83. The van der Waals surface area contributed by atoms with Crippen LogP contribution in [-0.4, -0.2) is 59.3 Å². The highest BCUT2D eigenvalue weighted by molar-refractivity contribution is 6.06. The smallest absolute Gasteiger partial charge is 0.258 e. The molecule has 1 aliphatic heterocycles. The number of hydrogen-bond donors (Lipinski definition) is 1. The molecule has 1 saturated carbocycles. The molecule has 1 N–H and O–H groups in total. The van der Waals surface area contributed by atoms with Gasteiger partial charge < -0.3 is 14.6 Å². The second-order valence-corrected chi connectivity index (χ2v) is 7.83. The molecule has 1 aliphatic carbocycles. The van der Waals surface area contributed by atoms with E-state index in [2.05, 4.69) is 20.4 Å². The van der Waals surface area contributed by atoms with E-state index in [1.165, 1.54) is 19.3 Å². The number of hydrogen-bond acceptors (Lipinski definition) is 6. The lowest BCUT2D eigenvalue weighted by Gasteiger charge is -2.48. The number of nitrogens with zero attached hydrogens (tertiary/aromatic N) is 3. The first-order chi connectivity index (χ1) is 13.1. The first-order valence-corrected chi connectivity index (χ1v) is 9.94. The van der Waals surface area contributed by atoms with Gasteiger partial charge in [0, 0.05) is 30.9 Å². The Hall–Kier alpha value is -1.99. The number of morpholine rings is 1. The van der Waals surface area contributed by atoms with Crippen LogP contribution in [0.3, 0.4) is 0 Å². The van der Waals surface area contributed by atoms with Gasteiger partial charge in [0.25, 0.3) is 11.6 Å². The summed E-state index contributed by atoms with van der Waals surface area (Å²) in [5.74, 6) is -0.0741. The van der Waals surface area contributed by atoms with E-state index in [1.54, 1.807) is 0 Å². The number of ether oxygens (including phenoxy) is 1. The first-order valence-electron chi connectivity index (χ1n) is 9.94. The summed E-state index contributed by atoms with van der Waals surface area (Å²) in [4.78, 5) is 20.0. The molecule has 7 nitrogen and oxygen atoms in total. The predicted octanol–water partition coefficient (Wildman–Crippen LogP) is 2.60. The number of amides is 1. The molecule has 7 heteroatoms. The summed E-state index contributed by atoms with van der Waals surface area (Å²) in [6.07, 6.45) is 5.98. The van der Waals surface area contributed by atoms with Crippen molar-refractivity contribution >= 4 is 17.0 Å². The molecule has 2 fully saturated rings. The van der Waals surface area contributed by atoms with Crippen molar-refractivity contribution in [2.24, 2.45) is 0 Å². The number of nitrogens with one attached hydrogen (secondary N) is 1. The molecule has 2 aromatic rings. The molecule has 146 valence electrons. The molecule has 1 amide bonds. The average Bonchev–Trinajstić information content (AvgIpc) is 3.07. The van der Waals surface area contributed by atoms with Crippen LogP contribution in [0.25, 0.3) is 11.1 Å². The molecular weight excluding hydrogens is 344 g/mol. The number of carbonyl (C=O) groups excluding carboxylic acids is 1. The molecule has 27 heavy (non-hydrogen) atoms. The Morgan fingerprint density at radius 1 is 1.22 bits per heavy atom. The van der Waals surface area contributed by atoms with Gasteiger partial charge in [0.2, 0.25) is 0 Å². The zero-order valence-corrected chi connectivity index (χ0v) is 16.2. The number of rotatable bonds is 4. The Bertz CT molecular complexity index is 820. The van der Waals surface area contributed by atoms with E-state index in [0.29, 0.717) is 28.9 Å². The van der Waals surface area contributed by atoms with Gasteiger partial charge in [-0.15, -0.1) is 0 Å². The molecular formula is C20H28N4O3. The highest BCUT2D eigenvalue weighted by Gasteiger charge is 2.39. The van der Waals surface area contributed by atoms with Crippen LogP contribution in [0.2, 0.25) is 0 Å². The molecule has 1 saturated heterocycles. The van der Waals surface area contributed by atoms with Gasteiger partial charge in [-0.05, 0) is 32.8 Å². The summed E-state index contributed by atoms with van der Waals surface area (Å²) in [6.45, 7) is 7.82. The van der Waals surface area contributed by atoms with Crippen LogP contribution in [-0.2, 0) is 4.74 Å². The van der Waals surface area contributed by atoms with Crippen molar-refractivity contribution in [1.29, 1.82) is 0 Å². The Balaban J connectivity index is 1.56. The van der Waals surface area contributed by atoms with Gasteiger partial charge in [-0.1, -0.05) is 24.4 Å². The summed E-state index contributed by atoms with van der Waals surface area (Å²) >= 11 is 0. The minimum atomic E-state index is -0.0741. The standard InChI is InChI=1S/C20H28N4O3/c1-14-12-16(17-15(2)23-27-19(17)22-14)18(25)21-13-20(6-4-3-5-7-20)24-8-10-26-11-9-24/h12H,3-11,13H2,1-2H3,(H,21,25). The van der Waals surface area contributed by atoms with Crippen LogP contribution in [0.5, 0.6) is 0 Å². The van der Waals surface area contributed by atoms with Gasteiger partial charge in [-0.3, -0.25) is 9.69 Å². The number of fused-ring (bicyclic) bond motifs is 1. The van der Waals surface area contributed by atoms with Gasteiger partial charge in [0.05, 0.1) is 29.9 Å². The summed E-state index contributed by atoms with van der Waals surface area (Å²) < 4.78 is 10.8. The highest BCUT2D eigenvalue weighted by atomic mass is 16.5. The van der Waals surface area contributed by atoms with E-state index in [4.69, 9.17) is 9.26 Å². The van der Waals surface area contributed by atoms with E-state index in [-0.39, 0.29) is 11.4 Å². The zero-order valence-electron chi connectivity index (χ0n) is 16.2. The third kappa shape index (κ3) is 3.58. The Kier molecular flexibility index (Phi) is 5.14. The lowest BCUT2D eigenvalue weighted by molar-refractivity contribution is -0.0361. The Morgan fingerprint density at radius 2 is 1.96 bits per heavy atom. The molecule has 2 aliphatic rings. The summed E-state index contributed by atoms with van der Waals surface area (Å²) in [5, 5.41) is 7.91. The van der Waals surface area contributed by atoms with Crippen molar-refractivity contribution in [3.8, 4) is 0 Å². The molecule has 0 spiro atoms. The number of aromatic nitrogens is 2. The van der Waals surface area contributed by atoms with E-state index >= 15 is 0 Å². The van der Waals surface area contributed by atoms with Crippen LogP contribution in [0.4, 0.5) is 0 Å². The van der Waals surface area contributed by atoms with Crippen molar-refractivity contribution in [3.63, 3.8) is 0 Å². The van der Waals surface area contributed by atoms with Crippen molar-refractivity contribution in [2.75, 3.05) is 32.8 Å². The minimum Gasteiger partial charge on any atom is -0.379 e. The highest BCUT2D eigenvalue weighted by Crippen LogP contribution is 2.34. The third-order valence-electron chi connectivity index (χ3n) is 6.03. The quantitative estimate of drug-likeness (QED) is 0.889. The van der Waals surface area contributed by atoms with Crippen molar-refractivity contribution < 1.29 is 14.1 Å². The fraction of sp³-hybridized carbons (Fsp3) is 0.650. The maximum Gasteiger partial charge on any atom is 0.258 e. The van der Waals surface area contributed by atoms with Crippen molar-refractivity contribution in [1.82, 2.24) is 20.4 Å². The topological polar surface area (TPSA) is 80.5 Å². The fourth-order valence-corrected chi connectivity index (χ4v) is 4.59. The van der Waals surface area contributed by atoms with Crippen LogP contribution >= 0.6 is 0 Å². The van der Waals surface area contributed by atoms with Crippen LogP contribution in [0.15, 0.2) is 10.6 Å². The van der Waals surface area contributed by atoms with E-state index < -0.39 is 0 Å². The van der Waals surface area contributed by atoms with Gasteiger partial charge in [-0.25, -0.2) is 4.98 Å². The zero-order chi connectivity index (χ0) is 18.9. The second kappa shape index (κ2) is 7.56. The van der Waals surface area contributed by atoms with Crippen LogP contribution in [0.1, 0.15) is 53.8 Å². The Morgan fingerprint density at radius 3 is 2.70 bits per heavy atom. The summed E-state index contributed by atoms with van der Waals surface area (Å²) in [7, 11) is 0. The average molecular weight is 372 g/mol. The molecule has 0 bridgehead atoms. The van der Waals surface area contributed by atoms with Crippen molar-refractivity contribution in [3.05, 3.63) is 23.0 Å². The molecule has 0 aromatic carbocycles. The molecule has 0 unspecified atom stereocenters. The predicted molar refractivity (Wildman–Crippen MR) is 102 cm³/mol. The Labute approximate surface area is 159 Å². The molecule has 2 aromatic heterocycles. The van der Waals surface area contributed by atoms with E-state index in [9.17, 15) is 4.79 Å². The summed E-state index contributed by atoms with van der Waals surface area (Å²) in [6, 6.07) is 1.82. The number of pyridine rings is 1. The van der Waals surface area contributed by atoms with Crippen LogP contribution in [0, 0.1) is 13.8 Å². The lowest BCUT2D eigenvalue weighted by atomic mass is 9.79. The largest absolute Gasteiger partial charge is 0.379 e. The first kappa shape index (κ1) is 18.4. The SMILES string of the molecule is Cc1cc(C(=O)NCC2(N3CCOCC3)CCCCC2)c2c(C)noc2n1. The van der Waals surface area contributed by atoms with E-state index in [0.717, 1.165) is 44.8 Å². The molecule has 0 atom stereocenters. The van der Waals surface area contributed by atoms with Gasteiger partial charge in [0.1, 0.15) is 0 Å². The third-order valence-corrected chi connectivity index (χ3v) is 6.03. The lowest BCUT2D eigenvalue weighted by Crippen LogP contribution is -2.59. The molecule has 4 rings (SSSR count). The maximum atomic E-state index is 13.1. The monoisotopic (exact) mass is 372 g/mol. The van der Waals surface area contributed by atoms with E-state index in [1.807, 2.05) is 19.9 Å². The van der Waals surface area contributed by atoms with Crippen molar-refractivity contribution in [2.45, 2.75) is 51.5 Å². The normalized spacial score (nSPS) is 20.7. The number of carbonyl (C=O) groups is 1. The van der Waals surface area contributed by atoms with Gasteiger partial charge in [0.15, 0.2) is 0 Å². The van der Waals surface area contributed by atoms with Gasteiger partial charge >= 0.3 is 0 Å². The maximum absolute atomic E-state index is 13.1. The van der Waals surface area contributed by atoms with Gasteiger partial charge in [-0.2, -0.15) is 0 Å². The molecule has 3 heterocycles. The fourth-order valence-electron chi connectivity index (χ4n) is 4.59. The minimum absolute atomic E-state index is 0.0442. The molecule has 0 radical (unpaired) electrons. The number of aryl methyl sites for hydroxylation is 2.